The Morgan fingerprint density at radius 3 is 2.75 bits per heavy atom. The van der Waals surface area contributed by atoms with E-state index < -0.39 is 0 Å². The third-order valence-corrected chi connectivity index (χ3v) is 3.69. The molecule has 102 valence electrons. The average molecular weight is 265 g/mol. The minimum absolute atomic E-state index is 0.864. The van der Waals surface area contributed by atoms with Gasteiger partial charge in [0.1, 0.15) is 5.65 Å². The molecular weight excluding hydrogens is 246 g/mol. The number of hydrogen-bond donors (Lipinski definition) is 1. The fraction of sp³-hybridized carbons (Fsp3) is 0.235. The number of pyridine rings is 1. The molecule has 3 heteroatoms. The maximum atomic E-state index is 4.55. The zero-order valence-electron chi connectivity index (χ0n) is 11.9. The molecule has 3 rings (SSSR count). The van der Waals surface area contributed by atoms with Gasteiger partial charge in [-0.25, -0.2) is 4.98 Å². The molecule has 0 atom stereocenters. The molecule has 3 nitrogen and oxygen atoms in total. The van der Waals surface area contributed by atoms with Crippen molar-refractivity contribution in [2.75, 3.05) is 7.05 Å². The maximum Gasteiger partial charge on any atom is 0.140 e. The highest BCUT2D eigenvalue weighted by molar-refractivity contribution is 5.80. The lowest BCUT2D eigenvalue weighted by molar-refractivity contribution is 0.789. The van der Waals surface area contributed by atoms with Crippen molar-refractivity contribution < 1.29 is 0 Å². The van der Waals surface area contributed by atoms with E-state index in [9.17, 15) is 0 Å². The van der Waals surface area contributed by atoms with E-state index in [0.717, 1.165) is 18.7 Å². The molecule has 1 aromatic carbocycles. The minimum atomic E-state index is 0.864. The van der Waals surface area contributed by atoms with Crippen LogP contribution in [0.5, 0.6) is 0 Å². The molecule has 20 heavy (non-hydrogen) atoms. The summed E-state index contributed by atoms with van der Waals surface area (Å²) in [7, 11) is 1.97. The molecule has 2 heterocycles. The first-order valence-corrected chi connectivity index (χ1v) is 6.91. The first-order chi connectivity index (χ1) is 9.79. The molecule has 0 aliphatic heterocycles. The van der Waals surface area contributed by atoms with Gasteiger partial charge < -0.3 is 9.88 Å². The zero-order valence-corrected chi connectivity index (χ0v) is 11.9. The lowest BCUT2D eigenvalue weighted by Gasteiger charge is -2.07. The zero-order chi connectivity index (χ0) is 13.9. The third kappa shape index (κ3) is 2.32. The van der Waals surface area contributed by atoms with Gasteiger partial charge in [-0.05, 0) is 42.8 Å². The van der Waals surface area contributed by atoms with Crippen molar-refractivity contribution in [2.45, 2.75) is 20.0 Å². The molecule has 0 aliphatic rings. The van der Waals surface area contributed by atoms with E-state index in [0.29, 0.717) is 0 Å². The predicted molar refractivity (Wildman–Crippen MR) is 82.8 cm³/mol. The Morgan fingerprint density at radius 1 is 1.10 bits per heavy atom. The van der Waals surface area contributed by atoms with Crippen molar-refractivity contribution in [3.05, 3.63) is 65.5 Å². The van der Waals surface area contributed by atoms with Gasteiger partial charge in [0.15, 0.2) is 0 Å². The topological polar surface area (TPSA) is 29.9 Å². The molecule has 0 unspecified atom stereocenters. The van der Waals surface area contributed by atoms with Crippen LogP contribution in [-0.4, -0.2) is 16.6 Å². The Morgan fingerprint density at radius 2 is 1.95 bits per heavy atom. The Hall–Kier alpha value is -2.13. The van der Waals surface area contributed by atoms with Crippen LogP contribution in [-0.2, 0) is 13.1 Å². The summed E-state index contributed by atoms with van der Waals surface area (Å²) >= 11 is 0. The molecule has 0 saturated heterocycles. The van der Waals surface area contributed by atoms with Crippen LogP contribution in [0.15, 0.2) is 48.8 Å². The van der Waals surface area contributed by atoms with Crippen molar-refractivity contribution >= 4 is 11.0 Å². The molecule has 0 saturated carbocycles. The molecular formula is C17H19N3. The van der Waals surface area contributed by atoms with Crippen molar-refractivity contribution in [3.63, 3.8) is 0 Å². The molecule has 0 amide bonds. The van der Waals surface area contributed by atoms with Gasteiger partial charge in [-0.1, -0.05) is 24.3 Å². The smallest absolute Gasteiger partial charge is 0.140 e. The van der Waals surface area contributed by atoms with Gasteiger partial charge in [-0.2, -0.15) is 0 Å². The Labute approximate surface area is 119 Å². The molecule has 1 N–H and O–H groups in total. The van der Waals surface area contributed by atoms with E-state index in [1.165, 1.54) is 22.1 Å². The largest absolute Gasteiger partial charge is 0.328 e. The maximum absolute atomic E-state index is 4.55. The molecule has 3 aromatic rings. The van der Waals surface area contributed by atoms with Crippen LogP contribution >= 0.6 is 0 Å². The summed E-state index contributed by atoms with van der Waals surface area (Å²) in [5.41, 5.74) is 5.01. The summed E-state index contributed by atoms with van der Waals surface area (Å²) in [5.74, 6) is 0. The number of hydrogen-bond acceptors (Lipinski definition) is 2. The molecule has 0 fully saturated rings. The summed E-state index contributed by atoms with van der Waals surface area (Å²) < 4.78 is 2.24. The minimum Gasteiger partial charge on any atom is -0.328 e. The number of benzene rings is 1. The lowest BCUT2D eigenvalue weighted by Crippen LogP contribution is -2.04. The second-order valence-electron chi connectivity index (χ2n) is 5.11. The van der Waals surface area contributed by atoms with E-state index in [-0.39, 0.29) is 0 Å². The van der Waals surface area contributed by atoms with Gasteiger partial charge >= 0.3 is 0 Å². The number of nitrogens with zero attached hydrogens (tertiary/aromatic N) is 2. The quantitative estimate of drug-likeness (QED) is 0.785. The Kier molecular flexibility index (Phi) is 3.52. The van der Waals surface area contributed by atoms with Gasteiger partial charge in [-0.15, -0.1) is 0 Å². The van der Waals surface area contributed by atoms with E-state index in [2.05, 4.69) is 58.3 Å². The van der Waals surface area contributed by atoms with Crippen LogP contribution in [0, 0.1) is 6.92 Å². The Bertz CT molecular complexity index is 728. The van der Waals surface area contributed by atoms with Gasteiger partial charge in [0, 0.05) is 30.9 Å². The summed E-state index contributed by atoms with van der Waals surface area (Å²) in [4.78, 5) is 4.55. The fourth-order valence-corrected chi connectivity index (χ4v) is 2.62. The second kappa shape index (κ2) is 5.47. The average Bonchev–Trinajstić information content (AvgIpc) is 2.81. The van der Waals surface area contributed by atoms with Gasteiger partial charge in [0.05, 0.1) is 0 Å². The molecule has 0 spiro atoms. The fourth-order valence-electron chi connectivity index (χ4n) is 2.62. The SMILES string of the molecule is CNCc1cn(Cc2ccccc2C)c2ncccc12. The third-order valence-electron chi connectivity index (χ3n) is 3.69. The summed E-state index contributed by atoms with van der Waals surface area (Å²) in [6.45, 7) is 3.88. The number of nitrogens with one attached hydrogen (secondary N) is 1. The summed E-state index contributed by atoms with van der Waals surface area (Å²) in [6, 6.07) is 12.7. The lowest BCUT2D eigenvalue weighted by atomic mass is 10.1. The summed E-state index contributed by atoms with van der Waals surface area (Å²) in [5, 5.41) is 4.46. The monoisotopic (exact) mass is 265 g/mol. The van der Waals surface area contributed by atoms with Crippen molar-refractivity contribution in [2.24, 2.45) is 0 Å². The van der Waals surface area contributed by atoms with Crippen LogP contribution in [0.3, 0.4) is 0 Å². The first kappa shape index (κ1) is 12.9. The van der Waals surface area contributed by atoms with Crippen LogP contribution < -0.4 is 5.32 Å². The molecule has 0 aliphatic carbocycles. The highest BCUT2D eigenvalue weighted by atomic mass is 15.0. The number of aromatic nitrogens is 2. The molecule has 0 radical (unpaired) electrons. The number of aryl methyl sites for hydroxylation is 1. The van der Waals surface area contributed by atoms with Crippen LogP contribution in [0.4, 0.5) is 0 Å². The van der Waals surface area contributed by atoms with Crippen molar-refractivity contribution in [1.82, 2.24) is 14.9 Å². The van der Waals surface area contributed by atoms with Crippen LogP contribution in [0.25, 0.3) is 11.0 Å². The van der Waals surface area contributed by atoms with Crippen LogP contribution in [0.1, 0.15) is 16.7 Å². The van der Waals surface area contributed by atoms with Gasteiger partial charge in [0.25, 0.3) is 0 Å². The van der Waals surface area contributed by atoms with Crippen LogP contribution in [0.2, 0.25) is 0 Å². The predicted octanol–water partition coefficient (Wildman–Crippen LogP) is 3.11. The highest BCUT2D eigenvalue weighted by Crippen LogP contribution is 2.21. The standard InChI is InChI=1S/C17H19N3/c1-13-6-3-4-7-14(13)11-20-12-15(10-18-2)16-8-5-9-19-17(16)20/h3-9,12,18H,10-11H2,1-2H3. The van der Waals surface area contributed by atoms with Gasteiger partial charge in [-0.3, -0.25) is 0 Å². The van der Waals surface area contributed by atoms with E-state index >= 15 is 0 Å². The van der Waals surface area contributed by atoms with Crippen molar-refractivity contribution in [1.29, 1.82) is 0 Å². The van der Waals surface area contributed by atoms with Gasteiger partial charge in [0.2, 0.25) is 0 Å². The highest BCUT2D eigenvalue weighted by Gasteiger charge is 2.09. The normalized spacial score (nSPS) is 11.1. The van der Waals surface area contributed by atoms with Crippen molar-refractivity contribution in [3.8, 4) is 0 Å². The second-order valence-corrected chi connectivity index (χ2v) is 5.11. The first-order valence-electron chi connectivity index (χ1n) is 6.91. The number of rotatable bonds is 4. The molecule has 2 aromatic heterocycles. The Balaban J connectivity index is 2.05. The molecule has 0 bridgehead atoms. The number of fused-ring (bicyclic) bond motifs is 1. The van der Waals surface area contributed by atoms with E-state index in [4.69, 9.17) is 0 Å². The van der Waals surface area contributed by atoms with E-state index in [1.54, 1.807) is 0 Å². The van der Waals surface area contributed by atoms with E-state index in [1.807, 2.05) is 19.3 Å². The summed E-state index contributed by atoms with van der Waals surface area (Å²) in [6.07, 6.45) is 4.07.